The molecule has 1 heterocycles. The van der Waals surface area contributed by atoms with Crippen LogP contribution in [0.15, 0.2) is 48.7 Å². The molecule has 0 radical (unpaired) electrons. The number of hydrogen-bond donors (Lipinski definition) is 2. The Hall–Kier alpha value is -3.42. The van der Waals surface area contributed by atoms with Crippen LogP contribution in [0.25, 0.3) is 11.3 Å². The number of aromatic nitrogens is 2. The summed E-state index contributed by atoms with van der Waals surface area (Å²) in [6.07, 6.45) is 5.56. The van der Waals surface area contributed by atoms with E-state index in [0.717, 1.165) is 31.2 Å². The Morgan fingerprint density at radius 1 is 1.12 bits per heavy atom. The molecule has 0 aliphatic rings. The molecule has 0 aliphatic heterocycles. The van der Waals surface area contributed by atoms with Crippen molar-refractivity contribution in [3.8, 4) is 17.0 Å². The number of anilines is 1. The number of benzene rings is 2. The third-order valence-electron chi connectivity index (χ3n) is 5.19. The number of nitrogens with one attached hydrogen (secondary N) is 2. The van der Waals surface area contributed by atoms with Crippen molar-refractivity contribution in [2.45, 2.75) is 46.1 Å². The van der Waals surface area contributed by atoms with Gasteiger partial charge in [0.05, 0.1) is 18.0 Å². The second kappa shape index (κ2) is 12.0. The smallest absolute Gasteiger partial charge is 0.319 e. The molecule has 6 nitrogen and oxygen atoms in total. The quantitative estimate of drug-likeness (QED) is 0.352. The number of nitrogens with zero attached hydrogens (tertiary/aromatic N) is 2. The van der Waals surface area contributed by atoms with Gasteiger partial charge in [-0.1, -0.05) is 31.9 Å². The van der Waals surface area contributed by atoms with Gasteiger partial charge in [-0.05, 0) is 44.0 Å². The minimum atomic E-state index is -0.638. The van der Waals surface area contributed by atoms with Crippen molar-refractivity contribution in [3.05, 3.63) is 66.1 Å². The number of carbonyl (C=O) groups excluding carboxylic acids is 1. The standard InChI is InChI=1S/C25H30F2N4O2/c1-3-4-7-13-28-25(32)30-22-9-5-6-10-24(22)33-15-8-14-31-17-23(29-18(31)2)20-12-11-19(26)16-21(20)27/h5-6,9-12,16-17H,3-4,7-8,13-15H2,1-2H3,(H2,28,30,32). The molecule has 0 aliphatic carbocycles. The van der Waals surface area contributed by atoms with E-state index in [9.17, 15) is 13.6 Å². The normalized spacial score (nSPS) is 10.8. The van der Waals surface area contributed by atoms with Crippen LogP contribution in [0.4, 0.5) is 19.3 Å². The summed E-state index contributed by atoms with van der Waals surface area (Å²) in [5.74, 6) is 0.0722. The number of aryl methyl sites for hydroxylation is 2. The number of rotatable bonds is 11. The highest BCUT2D eigenvalue weighted by Crippen LogP contribution is 2.25. The Balaban J connectivity index is 1.51. The molecular formula is C25H30F2N4O2. The molecule has 0 unspecified atom stereocenters. The zero-order valence-electron chi connectivity index (χ0n) is 19.0. The zero-order chi connectivity index (χ0) is 23.6. The molecule has 2 aromatic carbocycles. The second-order valence-electron chi connectivity index (χ2n) is 7.78. The fourth-order valence-corrected chi connectivity index (χ4v) is 3.42. The van der Waals surface area contributed by atoms with Gasteiger partial charge in [0.2, 0.25) is 0 Å². The first kappa shape index (κ1) is 24.2. The fraction of sp³-hybridized carbons (Fsp3) is 0.360. The molecule has 0 saturated heterocycles. The van der Waals surface area contributed by atoms with E-state index in [1.807, 2.05) is 29.7 Å². The average molecular weight is 457 g/mol. The summed E-state index contributed by atoms with van der Waals surface area (Å²) >= 11 is 0. The molecular weight excluding hydrogens is 426 g/mol. The predicted molar refractivity (Wildman–Crippen MR) is 125 cm³/mol. The highest BCUT2D eigenvalue weighted by atomic mass is 19.1. The van der Waals surface area contributed by atoms with Gasteiger partial charge in [0.1, 0.15) is 23.2 Å². The lowest BCUT2D eigenvalue weighted by Crippen LogP contribution is -2.29. The van der Waals surface area contributed by atoms with E-state index in [-0.39, 0.29) is 11.6 Å². The van der Waals surface area contributed by atoms with Gasteiger partial charge in [0, 0.05) is 30.9 Å². The van der Waals surface area contributed by atoms with Gasteiger partial charge >= 0.3 is 6.03 Å². The van der Waals surface area contributed by atoms with Gasteiger partial charge in [0.15, 0.2) is 0 Å². The van der Waals surface area contributed by atoms with E-state index >= 15 is 0 Å². The summed E-state index contributed by atoms with van der Waals surface area (Å²) in [6.45, 7) is 5.64. The van der Waals surface area contributed by atoms with Crippen molar-refractivity contribution >= 4 is 11.7 Å². The van der Waals surface area contributed by atoms with Crippen molar-refractivity contribution in [2.24, 2.45) is 0 Å². The van der Waals surface area contributed by atoms with Crippen LogP contribution in [0, 0.1) is 18.6 Å². The Bertz CT molecular complexity index is 1070. The van der Waals surface area contributed by atoms with E-state index in [1.54, 1.807) is 12.3 Å². The maximum Gasteiger partial charge on any atom is 0.319 e. The van der Waals surface area contributed by atoms with Gasteiger partial charge in [-0.2, -0.15) is 0 Å². The number of unbranched alkanes of at least 4 members (excludes halogenated alkanes) is 2. The molecule has 0 bridgehead atoms. The molecule has 0 spiro atoms. The first-order valence-electron chi connectivity index (χ1n) is 11.2. The molecule has 2 N–H and O–H groups in total. The van der Waals surface area contributed by atoms with Crippen LogP contribution in [0.5, 0.6) is 5.75 Å². The zero-order valence-corrected chi connectivity index (χ0v) is 19.0. The minimum absolute atomic E-state index is 0.253. The summed E-state index contributed by atoms with van der Waals surface area (Å²) in [5, 5.41) is 5.68. The van der Waals surface area contributed by atoms with Crippen molar-refractivity contribution in [1.29, 1.82) is 0 Å². The number of halogens is 2. The SMILES string of the molecule is CCCCCNC(=O)Nc1ccccc1OCCCn1cc(-c2ccc(F)cc2F)nc1C. The third-order valence-corrected chi connectivity index (χ3v) is 5.19. The van der Waals surface area contributed by atoms with Crippen LogP contribution in [-0.4, -0.2) is 28.7 Å². The number of amides is 2. The molecule has 0 fully saturated rings. The van der Waals surface area contributed by atoms with Crippen molar-refractivity contribution in [3.63, 3.8) is 0 Å². The highest BCUT2D eigenvalue weighted by molar-refractivity contribution is 5.90. The topological polar surface area (TPSA) is 68.2 Å². The van der Waals surface area contributed by atoms with Crippen molar-refractivity contribution < 1.29 is 18.3 Å². The van der Waals surface area contributed by atoms with Crippen LogP contribution in [0.3, 0.4) is 0 Å². The van der Waals surface area contributed by atoms with E-state index in [1.165, 1.54) is 12.1 Å². The maximum absolute atomic E-state index is 14.1. The van der Waals surface area contributed by atoms with Gasteiger partial charge in [-0.3, -0.25) is 0 Å². The average Bonchev–Trinajstić information content (AvgIpc) is 3.15. The molecule has 2 amide bonds. The van der Waals surface area contributed by atoms with Crippen LogP contribution in [0.2, 0.25) is 0 Å². The number of ether oxygens (including phenoxy) is 1. The summed E-state index contributed by atoms with van der Waals surface area (Å²) in [4.78, 5) is 16.5. The predicted octanol–water partition coefficient (Wildman–Crippen LogP) is 5.92. The summed E-state index contributed by atoms with van der Waals surface area (Å²) in [6, 6.07) is 10.5. The first-order chi connectivity index (χ1) is 16.0. The molecule has 0 saturated carbocycles. The second-order valence-corrected chi connectivity index (χ2v) is 7.78. The van der Waals surface area contributed by atoms with Gasteiger partial charge < -0.3 is 19.9 Å². The van der Waals surface area contributed by atoms with Crippen LogP contribution < -0.4 is 15.4 Å². The molecule has 0 atom stereocenters. The summed E-state index contributed by atoms with van der Waals surface area (Å²) in [7, 11) is 0. The molecule has 8 heteroatoms. The third kappa shape index (κ3) is 7.03. The lowest BCUT2D eigenvalue weighted by Gasteiger charge is -2.13. The molecule has 3 aromatic rings. The molecule has 1 aromatic heterocycles. The Morgan fingerprint density at radius 2 is 1.94 bits per heavy atom. The summed E-state index contributed by atoms with van der Waals surface area (Å²) in [5.41, 5.74) is 1.34. The number of para-hydroxylation sites is 2. The number of hydrogen-bond acceptors (Lipinski definition) is 3. The van der Waals surface area contributed by atoms with Crippen LogP contribution >= 0.6 is 0 Å². The maximum atomic E-state index is 14.1. The van der Waals surface area contributed by atoms with Gasteiger partial charge in [-0.25, -0.2) is 18.6 Å². The first-order valence-corrected chi connectivity index (χ1v) is 11.2. The molecule has 176 valence electrons. The van der Waals surface area contributed by atoms with E-state index in [2.05, 4.69) is 22.5 Å². The lowest BCUT2D eigenvalue weighted by molar-refractivity contribution is 0.251. The monoisotopic (exact) mass is 456 g/mol. The molecule has 33 heavy (non-hydrogen) atoms. The fourth-order valence-electron chi connectivity index (χ4n) is 3.42. The van der Waals surface area contributed by atoms with Gasteiger partial charge in [-0.15, -0.1) is 0 Å². The number of urea groups is 1. The van der Waals surface area contributed by atoms with Crippen LogP contribution in [-0.2, 0) is 6.54 Å². The van der Waals surface area contributed by atoms with Crippen LogP contribution in [0.1, 0.15) is 38.4 Å². The Morgan fingerprint density at radius 3 is 2.73 bits per heavy atom. The number of imidazole rings is 1. The Kier molecular flexibility index (Phi) is 8.80. The van der Waals surface area contributed by atoms with Crippen molar-refractivity contribution in [1.82, 2.24) is 14.9 Å². The van der Waals surface area contributed by atoms with Crippen molar-refractivity contribution in [2.75, 3.05) is 18.5 Å². The molecule has 3 rings (SSSR count). The minimum Gasteiger partial charge on any atom is -0.491 e. The van der Waals surface area contributed by atoms with Gasteiger partial charge in [0.25, 0.3) is 0 Å². The van der Waals surface area contributed by atoms with E-state index in [0.29, 0.717) is 43.2 Å². The Labute approximate surface area is 193 Å². The highest BCUT2D eigenvalue weighted by Gasteiger charge is 2.12. The van der Waals surface area contributed by atoms with E-state index in [4.69, 9.17) is 4.74 Å². The lowest BCUT2D eigenvalue weighted by atomic mass is 10.1. The summed E-state index contributed by atoms with van der Waals surface area (Å²) < 4.78 is 35.0. The van der Waals surface area contributed by atoms with E-state index < -0.39 is 11.6 Å². The largest absolute Gasteiger partial charge is 0.491 e. The number of carbonyl (C=O) groups is 1.